The predicted molar refractivity (Wildman–Crippen MR) is 79.2 cm³/mol. The number of carboxylic acids is 1. The number of hydrogen-bond donors (Lipinski definition) is 3. The molecule has 0 saturated heterocycles. The van der Waals surface area contributed by atoms with E-state index >= 15 is 0 Å². The molecule has 0 fully saturated rings. The van der Waals surface area contributed by atoms with Crippen LogP contribution in [0.5, 0.6) is 0 Å². The van der Waals surface area contributed by atoms with Crippen LogP contribution in [0.1, 0.15) is 24.2 Å². The molecule has 20 heavy (non-hydrogen) atoms. The summed E-state index contributed by atoms with van der Waals surface area (Å²) in [6.07, 6.45) is -0.0838. The van der Waals surface area contributed by atoms with Crippen molar-refractivity contribution in [3.05, 3.63) is 28.2 Å². The van der Waals surface area contributed by atoms with Gasteiger partial charge in [0.25, 0.3) is 0 Å². The third-order valence-electron chi connectivity index (χ3n) is 2.46. The lowest BCUT2D eigenvalue weighted by atomic mass is 10.2. The molecule has 1 unspecified atom stereocenters. The number of aromatic carboxylic acids is 1. The van der Waals surface area contributed by atoms with Crippen molar-refractivity contribution in [1.82, 2.24) is 5.32 Å². The van der Waals surface area contributed by atoms with Crippen LogP contribution in [-0.4, -0.2) is 36.4 Å². The SMILES string of the molecule is CCOC(C)CNC(=O)Nc1cc(C(=O)O)ccc1Br. The Kier molecular flexibility index (Phi) is 6.47. The summed E-state index contributed by atoms with van der Waals surface area (Å²) in [4.78, 5) is 22.6. The summed E-state index contributed by atoms with van der Waals surface area (Å²) in [5.41, 5.74) is 0.498. The Morgan fingerprint density at radius 2 is 2.15 bits per heavy atom. The van der Waals surface area contributed by atoms with Gasteiger partial charge in [0, 0.05) is 17.6 Å². The summed E-state index contributed by atoms with van der Waals surface area (Å²) in [6, 6.07) is 3.99. The van der Waals surface area contributed by atoms with Crippen molar-refractivity contribution < 1.29 is 19.4 Å². The van der Waals surface area contributed by atoms with Crippen molar-refractivity contribution >= 4 is 33.6 Å². The summed E-state index contributed by atoms with van der Waals surface area (Å²) < 4.78 is 5.89. The zero-order valence-corrected chi connectivity index (χ0v) is 12.9. The van der Waals surface area contributed by atoms with Gasteiger partial charge in [-0.2, -0.15) is 0 Å². The van der Waals surface area contributed by atoms with E-state index in [1.54, 1.807) is 6.07 Å². The molecule has 0 spiro atoms. The summed E-state index contributed by atoms with van der Waals surface area (Å²) in [5, 5.41) is 14.1. The standard InChI is InChI=1S/C13H17BrN2O4/c1-3-20-8(2)7-15-13(19)16-11-6-9(12(17)18)4-5-10(11)14/h4-6,8H,3,7H2,1-2H3,(H,17,18)(H2,15,16,19). The van der Waals surface area contributed by atoms with E-state index in [0.717, 1.165) is 0 Å². The quantitative estimate of drug-likeness (QED) is 0.740. The minimum absolute atomic E-state index is 0.0838. The van der Waals surface area contributed by atoms with Crippen molar-refractivity contribution in [1.29, 1.82) is 0 Å². The van der Waals surface area contributed by atoms with Gasteiger partial charge in [-0.15, -0.1) is 0 Å². The topological polar surface area (TPSA) is 87.7 Å². The zero-order chi connectivity index (χ0) is 15.1. The molecule has 0 heterocycles. The minimum atomic E-state index is -1.05. The number of rotatable bonds is 6. The third kappa shape index (κ3) is 5.18. The second kappa shape index (κ2) is 7.86. The van der Waals surface area contributed by atoms with Gasteiger partial charge in [0.1, 0.15) is 0 Å². The lowest BCUT2D eigenvalue weighted by Crippen LogP contribution is -2.35. The van der Waals surface area contributed by atoms with Crippen molar-refractivity contribution in [2.24, 2.45) is 0 Å². The van der Waals surface area contributed by atoms with Crippen molar-refractivity contribution in [2.75, 3.05) is 18.5 Å². The lowest BCUT2D eigenvalue weighted by Gasteiger charge is -2.14. The van der Waals surface area contributed by atoms with Crippen LogP contribution in [0.15, 0.2) is 22.7 Å². The second-order valence-electron chi connectivity index (χ2n) is 4.10. The fourth-order valence-corrected chi connectivity index (χ4v) is 1.85. The minimum Gasteiger partial charge on any atom is -0.478 e. The molecule has 0 aromatic heterocycles. The normalized spacial score (nSPS) is 11.8. The monoisotopic (exact) mass is 344 g/mol. The molecule has 1 aromatic rings. The molecule has 0 bridgehead atoms. The first kappa shape index (κ1) is 16.5. The average molecular weight is 345 g/mol. The van der Waals surface area contributed by atoms with Crippen LogP contribution >= 0.6 is 15.9 Å². The first-order valence-corrected chi connectivity index (χ1v) is 6.92. The fourth-order valence-electron chi connectivity index (χ4n) is 1.50. The van der Waals surface area contributed by atoms with Crippen LogP contribution in [0.3, 0.4) is 0 Å². The van der Waals surface area contributed by atoms with Crippen molar-refractivity contribution in [3.63, 3.8) is 0 Å². The van der Waals surface area contributed by atoms with Gasteiger partial charge in [0.2, 0.25) is 0 Å². The highest BCUT2D eigenvalue weighted by molar-refractivity contribution is 9.10. The van der Waals surface area contributed by atoms with Gasteiger partial charge in [-0.1, -0.05) is 0 Å². The number of carbonyl (C=O) groups is 2. The van der Waals surface area contributed by atoms with E-state index in [1.807, 2.05) is 13.8 Å². The van der Waals surface area contributed by atoms with E-state index in [9.17, 15) is 9.59 Å². The molecule has 0 aliphatic rings. The Morgan fingerprint density at radius 1 is 1.45 bits per heavy atom. The first-order valence-electron chi connectivity index (χ1n) is 6.13. The molecule has 110 valence electrons. The van der Waals surface area contributed by atoms with E-state index < -0.39 is 12.0 Å². The molecule has 0 radical (unpaired) electrons. The van der Waals surface area contributed by atoms with E-state index in [4.69, 9.17) is 9.84 Å². The maximum Gasteiger partial charge on any atom is 0.335 e. The van der Waals surface area contributed by atoms with Crippen molar-refractivity contribution in [2.45, 2.75) is 20.0 Å². The summed E-state index contributed by atoms with van der Waals surface area (Å²) in [6.45, 7) is 4.68. The van der Waals surface area contributed by atoms with Gasteiger partial charge < -0.3 is 20.5 Å². The van der Waals surface area contributed by atoms with Crippen LogP contribution in [0, 0.1) is 0 Å². The molecular weight excluding hydrogens is 328 g/mol. The summed E-state index contributed by atoms with van der Waals surface area (Å²) >= 11 is 3.25. The molecule has 7 heteroatoms. The molecule has 0 aliphatic carbocycles. The molecule has 2 amide bonds. The third-order valence-corrected chi connectivity index (χ3v) is 3.15. The van der Waals surface area contributed by atoms with Gasteiger partial charge >= 0.3 is 12.0 Å². The van der Waals surface area contributed by atoms with Gasteiger partial charge in [-0.25, -0.2) is 9.59 Å². The number of amides is 2. The highest BCUT2D eigenvalue weighted by Gasteiger charge is 2.10. The number of carbonyl (C=O) groups excluding carboxylic acids is 1. The van der Waals surface area contributed by atoms with Crippen LogP contribution in [0.4, 0.5) is 10.5 Å². The molecule has 6 nitrogen and oxygen atoms in total. The highest BCUT2D eigenvalue weighted by Crippen LogP contribution is 2.23. The largest absolute Gasteiger partial charge is 0.478 e. The number of nitrogens with one attached hydrogen (secondary N) is 2. The number of anilines is 1. The van der Waals surface area contributed by atoms with Gasteiger partial charge in [0.15, 0.2) is 0 Å². The number of carboxylic acid groups (broad SMARTS) is 1. The van der Waals surface area contributed by atoms with Crippen molar-refractivity contribution in [3.8, 4) is 0 Å². The number of ether oxygens (including phenoxy) is 1. The second-order valence-corrected chi connectivity index (χ2v) is 4.96. The Morgan fingerprint density at radius 3 is 2.75 bits per heavy atom. The molecule has 1 aromatic carbocycles. The molecule has 1 rings (SSSR count). The number of benzene rings is 1. The summed E-state index contributed by atoms with van der Waals surface area (Å²) in [5.74, 6) is -1.05. The maximum atomic E-state index is 11.7. The van der Waals surface area contributed by atoms with E-state index in [2.05, 4.69) is 26.6 Å². The molecule has 3 N–H and O–H groups in total. The number of halogens is 1. The predicted octanol–water partition coefficient (Wildman–Crippen LogP) is 2.69. The Hall–Kier alpha value is -1.60. The van der Waals surface area contributed by atoms with Gasteiger partial charge in [-0.3, -0.25) is 0 Å². The number of hydrogen-bond acceptors (Lipinski definition) is 3. The smallest absolute Gasteiger partial charge is 0.335 e. The maximum absolute atomic E-state index is 11.7. The lowest BCUT2D eigenvalue weighted by molar-refractivity contribution is 0.0696. The Labute approximate surface area is 125 Å². The van der Waals surface area contributed by atoms with Crippen LogP contribution in [0.25, 0.3) is 0 Å². The van der Waals surface area contributed by atoms with E-state index in [1.165, 1.54) is 12.1 Å². The Bertz CT molecular complexity index is 493. The Balaban J connectivity index is 2.61. The van der Waals surface area contributed by atoms with Gasteiger partial charge in [-0.05, 0) is 48.0 Å². The summed E-state index contributed by atoms with van der Waals surface area (Å²) in [7, 11) is 0. The van der Waals surface area contributed by atoms with Crippen LogP contribution in [-0.2, 0) is 4.74 Å². The average Bonchev–Trinajstić information content (AvgIpc) is 2.39. The first-order chi connectivity index (χ1) is 9.43. The van der Waals surface area contributed by atoms with E-state index in [-0.39, 0.29) is 11.7 Å². The molecular formula is C13H17BrN2O4. The van der Waals surface area contributed by atoms with E-state index in [0.29, 0.717) is 23.3 Å². The molecule has 0 aliphatic heterocycles. The molecule has 0 saturated carbocycles. The molecule has 1 atom stereocenters. The number of urea groups is 1. The van der Waals surface area contributed by atoms with Crippen LogP contribution < -0.4 is 10.6 Å². The fraction of sp³-hybridized carbons (Fsp3) is 0.385. The highest BCUT2D eigenvalue weighted by atomic mass is 79.9. The van der Waals surface area contributed by atoms with Gasteiger partial charge in [0.05, 0.1) is 17.4 Å². The zero-order valence-electron chi connectivity index (χ0n) is 11.3. The van der Waals surface area contributed by atoms with Crippen LogP contribution in [0.2, 0.25) is 0 Å².